The van der Waals surface area contributed by atoms with E-state index >= 15 is 0 Å². The summed E-state index contributed by atoms with van der Waals surface area (Å²) in [6.45, 7) is 0. The Bertz CT molecular complexity index is 2680. The Hall–Kier alpha value is 0. The van der Waals surface area contributed by atoms with Gasteiger partial charge in [0.05, 0.1) is 0 Å². The molecule has 32 atom stereocenters. The fourth-order valence-electron chi connectivity index (χ4n) is 43.0. The van der Waals surface area contributed by atoms with Crippen molar-refractivity contribution in [2.24, 2.45) is 249 Å². The topological polar surface area (TPSA) is 0 Å². The van der Waals surface area contributed by atoms with Crippen LogP contribution in [0.25, 0.3) is 0 Å². The lowest BCUT2D eigenvalue weighted by molar-refractivity contribution is -0.199. The van der Waals surface area contributed by atoms with Crippen LogP contribution in [-0.2, 0) is 0 Å². The van der Waals surface area contributed by atoms with E-state index in [1.807, 2.05) is 0 Å². The zero-order valence-corrected chi connectivity index (χ0v) is 70.9. The lowest BCUT2D eigenvalue weighted by Crippen LogP contribution is -2.62. The molecule has 0 aromatic rings. The second kappa shape index (κ2) is 32.6. The highest BCUT2D eigenvalue weighted by Crippen LogP contribution is 2.76. The summed E-state index contributed by atoms with van der Waals surface area (Å²) in [5.74, 6) is 46.4. The summed E-state index contributed by atoms with van der Waals surface area (Å²) in [7, 11) is 0. The summed E-state index contributed by atoms with van der Waals surface area (Å²) in [5.41, 5.74) is 0. The van der Waals surface area contributed by atoms with Gasteiger partial charge in [-0.05, 0) is 383 Å². The summed E-state index contributed by atoms with van der Waals surface area (Å²) >= 11 is 0. The minimum atomic E-state index is 1.07. The molecule has 0 N–H and O–H groups in total. The average molecular weight is 1470 g/mol. The molecule has 32 unspecified atom stereocenters. The third kappa shape index (κ3) is 13.5. The van der Waals surface area contributed by atoms with Gasteiger partial charge in [-0.25, -0.2) is 0 Å². The molecule has 0 heterocycles. The molecule has 0 aliphatic heterocycles. The van der Waals surface area contributed by atoms with Gasteiger partial charge in [-0.3, -0.25) is 0 Å². The highest BCUT2D eigenvalue weighted by molar-refractivity contribution is 5.17. The summed E-state index contributed by atoms with van der Waals surface area (Å²) < 4.78 is 0. The molecule has 606 valence electrons. The third-order valence-electron chi connectivity index (χ3n) is 46.1. The average Bonchev–Trinajstić information content (AvgIpc) is 0.712. The second-order valence-electron chi connectivity index (χ2n) is 48.8. The molecule has 0 spiro atoms. The van der Waals surface area contributed by atoms with Crippen molar-refractivity contribution in [3.8, 4) is 0 Å². The van der Waals surface area contributed by atoms with Crippen molar-refractivity contribution in [2.75, 3.05) is 0 Å². The molecule has 22 saturated carbocycles. The molecular weight excluding hydrogens is 1300 g/mol. The molecule has 22 fully saturated rings. The first-order valence-corrected chi connectivity index (χ1v) is 53.6. The van der Waals surface area contributed by atoms with Crippen LogP contribution in [0.1, 0.15) is 424 Å². The van der Waals surface area contributed by atoms with Crippen molar-refractivity contribution in [2.45, 2.75) is 424 Å². The van der Waals surface area contributed by atoms with Crippen molar-refractivity contribution in [3.63, 3.8) is 0 Å². The smallest absolute Gasteiger partial charge is 0.0318 e. The maximum Gasteiger partial charge on any atom is -0.0318 e. The van der Waals surface area contributed by atoms with Crippen molar-refractivity contribution in [1.82, 2.24) is 0 Å². The van der Waals surface area contributed by atoms with E-state index in [4.69, 9.17) is 0 Å². The Morgan fingerprint density at radius 1 is 0.0741 bits per heavy atom. The van der Waals surface area contributed by atoms with E-state index in [1.165, 1.54) is 0 Å². The van der Waals surface area contributed by atoms with E-state index in [-0.39, 0.29) is 0 Å². The van der Waals surface area contributed by atoms with Gasteiger partial charge >= 0.3 is 0 Å². The van der Waals surface area contributed by atoms with Crippen LogP contribution in [0, 0.1) is 249 Å². The van der Waals surface area contributed by atoms with Crippen LogP contribution in [0.15, 0.2) is 0 Å². The van der Waals surface area contributed by atoms with E-state index in [0.717, 1.165) is 249 Å². The maximum absolute atomic E-state index is 1.78. The molecule has 0 amide bonds. The predicted octanol–water partition coefficient (Wildman–Crippen LogP) is 30.9. The highest BCUT2D eigenvalue weighted by atomic mass is 14.7. The summed E-state index contributed by atoms with van der Waals surface area (Å²) in [5, 5.41) is 0. The van der Waals surface area contributed by atoms with Gasteiger partial charge in [-0.1, -0.05) is 289 Å². The van der Waals surface area contributed by atoms with Crippen molar-refractivity contribution >= 4 is 0 Å². The summed E-state index contributed by atoms with van der Waals surface area (Å²) in [6.07, 6.45) is 109. The Morgan fingerprint density at radius 3 is 0.380 bits per heavy atom. The zero-order valence-electron chi connectivity index (χ0n) is 70.9. The van der Waals surface area contributed by atoms with Crippen LogP contribution in [0.3, 0.4) is 0 Å². The third-order valence-corrected chi connectivity index (χ3v) is 46.1. The molecule has 22 rings (SSSR count). The quantitative estimate of drug-likeness (QED) is 0.183. The van der Waals surface area contributed by atoms with Gasteiger partial charge in [0.1, 0.15) is 0 Å². The first-order valence-electron chi connectivity index (χ1n) is 53.6. The Morgan fingerprint density at radius 2 is 0.194 bits per heavy atom. The van der Waals surface area contributed by atoms with Gasteiger partial charge in [0.15, 0.2) is 0 Å². The molecule has 22 aliphatic rings. The van der Waals surface area contributed by atoms with E-state index in [1.54, 1.807) is 424 Å². The Kier molecular flexibility index (Phi) is 22.4. The standard InChI is InChI=1S/C108H174/c1-10-28-67(29-11-1)79-46-47-88-101(66-102-98(75-44-26-9-27-45-75)63-95(72-38-20-6-21-39-72)87-49-48-80(79)103(88)108(87)102)78-59-76(99-64-96(73-40-22-7-23-41-73)85-52-50-81-91(68-30-12-2-13-31-68)61-93(70-34-16-4-17-35-70)83-54-56-89(99)106(85)104(81)83)58-77(60-78)100-65-97(74-42-24-8-25-43-74)86-53-51-82-92(69-32-14-3-15-33-69)62-94(71-36-18-5-19-37-71)84-55-57-90(100)107(86)105(82)84/h67-108H,1-66H2. The van der Waals surface area contributed by atoms with E-state index in [0.29, 0.717) is 0 Å². The van der Waals surface area contributed by atoms with E-state index < -0.39 is 0 Å². The predicted molar refractivity (Wildman–Crippen MR) is 451 cm³/mol. The van der Waals surface area contributed by atoms with E-state index in [9.17, 15) is 0 Å². The number of hydrogen-bond acceptors (Lipinski definition) is 0. The van der Waals surface area contributed by atoms with Gasteiger partial charge < -0.3 is 0 Å². The lowest BCUT2D eigenvalue weighted by atomic mass is 9.36. The highest BCUT2D eigenvalue weighted by Gasteiger charge is 2.68. The first-order chi connectivity index (χ1) is 53.6. The minimum Gasteiger partial charge on any atom is -0.0533 e. The number of hydrogen-bond donors (Lipinski definition) is 0. The molecule has 0 heteroatoms. The van der Waals surface area contributed by atoms with Gasteiger partial charge in [0.2, 0.25) is 0 Å². The zero-order chi connectivity index (χ0) is 70.9. The van der Waals surface area contributed by atoms with Crippen LogP contribution in [0.2, 0.25) is 0 Å². The van der Waals surface area contributed by atoms with Crippen LogP contribution in [0.4, 0.5) is 0 Å². The monoisotopic (exact) mass is 1470 g/mol. The lowest BCUT2D eigenvalue weighted by Gasteiger charge is -2.68. The molecule has 0 aromatic carbocycles. The van der Waals surface area contributed by atoms with Crippen LogP contribution < -0.4 is 0 Å². The maximum atomic E-state index is 1.78. The van der Waals surface area contributed by atoms with Crippen LogP contribution >= 0.6 is 0 Å². The van der Waals surface area contributed by atoms with Crippen molar-refractivity contribution in [1.29, 1.82) is 0 Å². The summed E-state index contributed by atoms with van der Waals surface area (Å²) in [6, 6.07) is 0. The molecule has 0 radical (unpaired) electrons. The molecule has 0 bridgehead atoms. The van der Waals surface area contributed by atoms with Crippen molar-refractivity contribution < 1.29 is 0 Å². The fourth-order valence-corrected chi connectivity index (χ4v) is 43.0. The summed E-state index contributed by atoms with van der Waals surface area (Å²) in [4.78, 5) is 0. The minimum absolute atomic E-state index is 1.07. The Labute approximate surface area is 668 Å². The van der Waals surface area contributed by atoms with Gasteiger partial charge in [-0.15, -0.1) is 0 Å². The SMILES string of the molecule is C1CCC(C2CC(C3CCCCC3)C3CCC4C(C5CC(C6CC(C7CCCCC7)C7CCC8C(C9CCCCC9)CC(C9CCCCC9)C9CCC6C7C89)CC(C6CC7C(C8CCCCC8)CC(C8CCCCC8)C8CCC9C(C%10CCCCC%10)CCC6C9C87)C5)CC(C5CCCCC5)C5CCC2C3C54)CC1. The molecule has 0 nitrogen and oxygen atoms in total. The van der Waals surface area contributed by atoms with Crippen LogP contribution in [-0.4, -0.2) is 0 Å². The largest absolute Gasteiger partial charge is 0.0533 e. The van der Waals surface area contributed by atoms with Crippen LogP contribution in [0.5, 0.6) is 0 Å². The molecule has 22 aliphatic carbocycles. The van der Waals surface area contributed by atoms with Gasteiger partial charge in [0, 0.05) is 0 Å². The molecule has 0 aromatic heterocycles. The number of rotatable bonds is 12. The molecule has 108 heavy (non-hydrogen) atoms. The molecule has 0 saturated heterocycles. The van der Waals surface area contributed by atoms with E-state index in [2.05, 4.69) is 0 Å². The Balaban J connectivity index is 0.675. The normalized spacial score (nSPS) is 52.2. The van der Waals surface area contributed by atoms with Crippen molar-refractivity contribution in [3.05, 3.63) is 0 Å². The molecular formula is C108H174. The first kappa shape index (κ1) is 74.3. The van der Waals surface area contributed by atoms with Gasteiger partial charge in [0.25, 0.3) is 0 Å². The fraction of sp³-hybridized carbons (Fsp3) is 1.00. The second-order valence-corrected chi connectivity index (χ2v) is 48.8. The van der Waals surface area contributed by atoms with Gasteiger partial charge in [-0.2, -0.15) is 0 Å².